The minimum absolute atomic E-state index is 0.783. The average Bonchev–Trinajstić information content (AvgIpc) is 2.79. The Labute approximate surface area is 96.7 Å². The highest BCUT2D eigenvalue weighted by molar-refractivity contribution is 7.99. The molecule has 0 aromatic heterocycles. The van der Waals surface area contributed by atoms with Gasteiger partial charge in [0.2, 0.25) is 0 Å². The van der Waals surface area contributed by atoms with E-state index in [1.165, 1.54) is 42.9 Å². The third-order valence-corrected chi connectivity index (χ3v) is 4.01. The third kappa shape index (κ3) is 3.88. The van der Waals surface area contributed by atoms with E-state index in [1.54, 1.807) is 0 Å². The first-order chi connectivity index (χ1) is 7.45. The summed E-state index contributed by atoms with van der Waals surface area (Å²) in [6.07, 6.45) is 3.81. The van der Waals surface area contributed by atoms with Crippen LogP contribution in [0.4, 0.5) is 0 Å². The first-order valence-electron chi connectivity index (χ1n) is 5.80. The highest BCUT2D eigenvalue weighted by atomic mass is 32.2. The van der Waals surface area contributed by atoms with Crippen LogP contribution >= 0.6 is 11.8 Å². The number of aryl methyl sites for hydroxylation is 1. The van der Waals surface area contributed by atoms with E-state index in [9.17, 15) is 0 Å². The molecule has 1 aromatic carbocycles. The Balaban J connectivity index is 1.59. The predicted molar refractivity (Wildman–Crippen MR) is 68.5 cm³/mol. The highest BCUT2D eigenvalue weighted by Gasteiger charge is 2.13. The van der Waals surface area contributed by atoms with Crippen molar-refractivity contribution in [3.05, 3.63) is 35.9 Å². The van der Waals surface area contributed by atoms with Crippen molar-refractivity contribution in [1.29, 1.82) is 0 Å². The summed E-state index contributed by atoms with van der Waals surface area (Å²) in [5.41, 5.74) is 1.46. The molecule has 1 N–H and O–H groups in total. The molecule has 2 rings (SSSR count). The molecule has 0 amide bonds. The van der Waals surface area contributed by atoms with Crippen LogP contribution in [0.2, 0.25) is 0 Å². The minimum Gasteiger partial charge on any atom is -0.313 e. The van der Waals surface area contributed by atoms with Crippen molar-refractivity contribution in [1.82, 2.24) is 5.32 Å². The zero-order valence-electron chi connectivity index (χ0n) is 9.11. The molecule has 0 bridgehead atoms. The second-order valence-electron chi connectivity index (χ2n) is 4.10. The summed E-state index contributed by atoms with van der Waals surface area (Å²) in [5, 5.41) is 3.63. The van der Waals surface area contributed by atoms with Crippen molar-refractivity contribution in [3.8, 4) is 0 Å². The monoisotopic (exact) mass is 221 g/mol. The van der Waals surface area contributed by atoms with Gasteiger partial charge in [-0.1, -0.05) is 30.3 Å². The van der Waals surface area contributed by atoms with Crippen molar-refractivity contribution >= 4 is 11.8 Å². The fourth-order valence-electron chi connectivity index (χ4n) is 1.94. The fourth-order valence-corrected chi connectivity index (χ4v) is 3.13. The number of benzene rings is 1. The minimum atomic E-state index is 0.783. The first kappa shape index (κ1) is 11.0. The Morgan fingerprint density at radius 3 is 2.87 bits per heavy atom. The summed E-state index contributed by atoms with van der Waals surface area (Å²) >= 11 is 2.07. The zero-order valence-corrected chi connectivity index (χ0v) is 9.93. The molecule has 1 aliphatic heterocycles. The lowest BCUT2D eigenvalue weighted by Gasteiger charge is -2.10. The summed E-state index contributed by atoms with van der Waals surface area (Å²) < 4.78 is 0. The van der Waals surface area contributed by atoms with Gasteiger partial charge in [0.25, 0.3) is 0 Å². The van der Waals surface area contributed by atoms with Crippen LogP contribution in [0.5, 0.6) is 0 Å². The molecule has 1 fully saturated rings. The third-order valence-electron chi connectivity index (χ3n) is 2.85. The summed E-state index contributed by atoms with van der Waals surface area (Å²) in [5.74, 6) is 2.65. The van der Waals surface area contributed by atoms with Crippen molar-refractivity contribution in [2.75, 3.05) is 18.1 Å². The molecule has 0 saturated carbocycles. The van der Waals surface area contributed by atoms with Gasteiger partial charge >= 0.3 is 0 Å². The maximum atomic E-state index is 3.63. The van der Waals surface area contributed by atoms with Crippen LogP contribution in [-0.2, 0) is 6.42 Å². The van der Waals surface area contributed by atoms with Gasteiger partial charge in [0.05, 0.1) is 0 Å². The van der Waals surface area contributed by atoms with E-state index in [0.29, 0.717) is 0 Å². The Bertz CT molecular complexity index is 267. The fraction of sp³-hybridized carbons (Fsp3) is 0.538. The van der Waals surface area contributed by atoms with Gasteiger partial charge in [-0.2, -0.15) is 11.8 Å². The van der Waals surface area contributed by atoms with E-state index in [1.807, 2.05) is 0 Å². The van der Waals surface area contributed by atoms with Crippen molar-refractivity contribution < 1.29 is 0 Å². The molecule has 1 aliphatic rings. The van der Waals surface area contributed by atoms with E-state index >= 15 is 0 Å². The van der Waals surface area contributed by atoms with Gasteiger partial charge in [0.1, 0.15) is 0 Å². The number of hydrogen-bond acceptors (Lipinski definition) is 2. The number of hydrogen-bond donors (Lipinski definition) is 1. The van der Waals surface area contributed by atoms with Crippen LogP contribution in [0.3, 0.4) is 0 Å². The summed E-state index contributed by atoms with van der Waals surface area (Å²) in [7, 11) is 0. The summed E-state index contributed by atoms with van der Waals surface area (Å²) in [4.78, 5) is 0. The van der Waals surface area contributed by atoms with E-state index in [-0.39, 0.29) is 0 Å². The van der Waals surface area contributed by atoms with Gasteiger partial charge in [-0.3, -0.25) is 0 Å². The van der Waals surface area contributed by atoms with Crippen LogP contribution in [0.25, 0.3) is 0 Å². The second kappa shape index (κ2) is 6.19. The lowest BCUT2D eigenvalue weighted by Crippen LogP contribution is -2.29. The number of rotatable bonds is 5. The van der Waals surface area contributed by atoms with Crippen LogP contribution in [-0.4, -0.2) is 24.1 Å². The van der Waals surface area contributed by atoms with Crippen molar-refractivity contribution in [2.45, 2.75) is 25.3 Å². The van der Waals surface area contributed by atoms with Crippen LogP contribution in [0, 0.1) is 0 Å². The van der Waals surface area contributed by atoms with Gasteiger partial charge < -0.3 is 5.32 Å². The van der Waals surface area contributed by atoms with Gasteiger partial charge in [-0.25, -0.2) is 0 Å². The molecule has 0 aliphatic carbocycles. The molecule has 1 aromatic rings. The zero-order chi connectivity index (χ0) is 10.3. The lowest BCUT2D eigenvalue weighted by molar-refractivity contribution is 0.545. The summed E-state index contributed by atoms with van der Waals surface area (Å²) in [6.45, 7) is 1.17. The standard InChI is InChI=1S/C13H19NS/c1-2-5-12(6-3-1)7-4-9-14-13-8-10-15-11-13/h1-3,5-6,13-14H,4,7-11H2/t13-/m1/s1. The molecular formula is C13H19NS. The van der Waals surface area contributed by atoms with Crippen molar-refractivity contribution in [2.24, 2.45) is 0 Å². The van der Waals surface area contributed by atoms with Gasteiger partial charge in [0, 0.05) is 11.8 Å². The van der Waals surface area contributed by atoms with Crippen molar-refractivity contribution in [3.63, 3.8) is 0 Å². The Morgan fingerprint density at radius 1 is 1.27 bits per heavy atom. The van der Waals surface area contributed by atoms with Gasteiger partial charge in [0.15, 0.2) is 0 Å². The van der Waals surface area contributed by atoms with E-state index < -0.39 is 0 Å². The van der Waals surface area contributed by atoms with E-state index in [2.05, 4.69) is 47.4 Å². The molecule has 1 heterocycles. The quantitative estimate of drug-likeness (QED) is 0.767. The topological polar surface area (TPSA) is 12.0 Å². The number of nitrogens with one attached hydrogen (secondary N) is 1. The Hall–Kier alpha value is -0.470. The maximum Gasteiger partial charge on any atom is 0.0166 e. The van der Waals surface area contributed by atoms with Crippen LogP contribution < -0.4 is 5.32 Å². The molecule has 0 spiro atoms. The average molecular weight is 221 g/mol. The van der Waals surface area contributed by atoms with Gasteiger partial charge in [-0.05, 0) is 37.1 Å². The predicted octanol–water partition coefficient (Wildman–Crippen LogP) is 2.71. The first-order valence-corrected chi connectivity index (χ1v) is 6.96. The Kier molecular flexibility index (Phi) is 4.55. The normalized spacial score (nSPS) is 20.7. The highest BCUT2D eigenvalue weighted by Crippen LogP contribution is 2.16. The molecular weight excluding hydrogens is 202 g/mol. The largest absolute Gasteiger partial charge is 0.313 e. The summed E-state index contributed by atoms with van der Waals surface area (Å²) in [6, 6.07) is 11.5. The number of thioether (sulfide) groups is 1. The van der Waals surface area contributed by atoms with Crippen LogP contribution in [0.15, 0.2) is 30.3 Å². The maximum absolute atomic E-state index is 3.63. The van der Waals surface area contributed by atoms with E-state index in [0.717, 1.165) is 6.04 Å². The molecule has 1 saturated heterocycles. The molecule has 15 heavy (non-hydrogen) atoms. The van der Waals surface area contributed by atoms with Gasteiger partial charge in [-0.15, -0.1) is 0 Å². The smallest absolute Gasteiger partial charge is 0.0166 e. The molecule has 1 nitrogen and oxygen atoms in total. The molecule has 2 heteroatoms. The Morgan fingerprint density at radius 2 is 2.13 bits per heavy atom. The SMILES string of the molecule is c1ccc(CCCN[C@@H]2CCSC2)cc1. The van der Waals surface area contributed by atoms with E-state index in [4.69, 9.17) is 0 Å². The molecule has 0 unspecified atom stereocenters. The molecule has 82 valence electrons. The molecule has 1 atom stereocenters. The molecule has 0 radical (unpaired) electrons. The second-order valence-corrected chi connectivity index (χ2v) is 5.25. The lowest BCUT2D eigenvalue weighted by atomic mass is 10.1. The van der Waals surface area contributed by atoms with Crippen LogP contribution in [0.1, 0.15) is 18.4 Å².